The van der Waals surface area contributed by atoms with E-state index >= 15 is 0 Å². The molecule has 1 aromatic heterocycles. The molecule has 1 heterocycles. The minimum Gasteiger partial charge on any atom is -0.398 e. The second-order valence-corrected chi connectivity index (χ2v) is 7.46. The number of nitrogens with one attached hydrogen (secondary N) is 2. The van der Waals surface area contributed by atoms with Gasteiger partial charge in [-0.3, -0.25) is 4.98 Å². The molecule has 2 rings (SSSR count). The van der Waals surface area contributed by atoms with Crippen LogP contribution in [0.2, 0.25) is 0 Å². The van der Waals surface area contributed by atoms with Crippen molar-refractivity contribution in [3.05, 3.63) is 30.5 Å². The second-order valence-electron chi connectivity index (χ2n) is 5.71. The van der Waals surface area contributed by atoms with Crippen molar-refractivity contribution in [2.24, 2.45) is 0 Å². The molecule has 21 heavy (non-hydrogen) atoms. The number of nitrogens with zero attached hydrogens (tertiary/aromatic N) is 1. The predicted molar refractivity (Wildman–Crippen MR) is 86.7 cm³/mol. The Morgan fingerprint density at radius 3 is 2.67 bits per heavy atom. The first-order valence-corrected chi connectivity index (χ1v) is 8.43. The number of hydrogen-bond acceptors (Lipinski definition) is 5. The molecule has 6 nitrogen and oxygen atoms in total. The molecule has 0 aliphatic carbocycles. The summed E-state index contributed by atoms with van der Waals surface area (Å²) in [5.41, 5.74) is 7.57. The molecule has 0 aliphatic heterocycles. The van der Waals surface area contributed by atoms with Crippen LogP contribution in [0.25, 0.3) is 10.9 Å². The molecule has 7 heteroatoms. The fourth-order valence-corrected chi connectivity index (χ4v) is 3.27. The van der Waals surface area contributed by atoms with Crippen LogP contribution in [-0.4, -0.2) is 31.7 Å². The number of rotatable bonds is 5. The van der Waals surface area contributed by atoms with E-state index in [0.717, 1.165) is 22.8 Å². The standard InChI is InChI=1S/C14H20N4O2S/c1-14(2,18-21(3,19)20)9-17-12-7-6-11(15)10-5-4-8-16-13(10)12/h4-8,17-18H,9,15H2,1-3H3. The highest BCUT2D eigenvalue weighted by Gasteiger charge is 2.22. The summed E-state index contributed by atoms with van der Waals surface area (Å²) in [4.78, 5) is 4.34. The van der Waals surface area contributed by atoms with Gasteiger partial charge < -0.3 is 11.1 Å². The average molecular weight is 308 g/mol. The molecule has 0 aliphatic rings. The lowest BCUT2D eigenvalue weighted by atomic mass is 10.1. The Kier molecular flexibility index (Phi) is 4.06. The highest BCUT2D eigenvalue weighted by atomic mass is 32.2. The Morgan fingerprint density at radius 2 is 2.00 bits per heavy atom. The summed E-state index contributed by atoms with van der Waals surface area (Å²) in [6, 6.07) is 7.39. The highest BCUT2D eigenvalue weighted by Crippen LogP contribution is 2.26. The molecule has 0 unspecified atom stereocenters. The van der Waals surface area contributed by atoms with Gasteiger partial charge in [-0.1, -0.05) is 0 Å². The van der Waals surface area contributed by atoms with E-state index in [1.54, 1.807) is 6.20 Å². The molecule has 0 amide bonds. The predicted octanol–water partition coefficient (Wildman–Crippen LogP) is 1.56. The quantitative estimate of drug-likeness (QED) is 0.728. The maximum absolute atomic E-state index is 11.3. The average Bonchev–Trinajstić information content (AvgIpc) is 2.35. The molecular formula is C14H20N4O2S. The summed E-state index contributed by atoms with van der Waals surface area (Å²) in [5.74, 6) is 0. The molecule has 1 aromatic carbocycles. The van der Waals surface area contributed by atoms with Crippen LogP contribution in [0.1, 0.15) is 13.8 Å². The van der Waals surface area contributed by atoms with Crippen LogP contribution in [0, 0.1) is 0 Å². The fourth-order valence-electron chi connectivity index (χ4n) is 2.19. The third-order valence-corrected chi connectivity index (χ3v) is 3.91. The van der Waals surface area contributed by atoms with Crippen molar-refractivity contribution in [2.45, 2.75) is 19.4 Å². The number of fused-ring (bicyclic) bond motifs is 1. The van der Waals surface area contributed by atoms with Gasteiger partial charge in [0.2, 0.25) is 10.0 Å². The van der Waals surface area contributed by atoms with E-state index < -0.39 is 15.6 Å². The molecule has 0 radical (unpaired) electrons. The Labute approximate surface area is 124 Å². The van der Waals surface area contributed by atoms with Crippen LogP contribution in [0.5, 0.6) is 0 Å². The number of aromatic nitrogens is 1. The van der Waals surface area contributed by atoms with Crippen LogP contribution >= 0.6 is 0 Å². The lowest BCUT2D eigenvalue weighted by molar-refractivity contribution is 0.476. The van der Waals surface area contributed by atoms with E-state index in [-0.39, 0.29) is 0 Å². The number of nitrogen functional groups attached to an aromatic ring is 1. The van der Waals surface area contributed by atoms with E-state index in [0.29, 0.717) is 12.2 Å². The molecule has 4 N–H and O–H groups in total. The van der Waals surface area contributed by atoms with Crippen molar-refractivity contribution in [2.75, 3.05) is 23.9 Å². The van der Waals surface area contributed by atoms with Crippen LogP contribution in [0.15, 0.2) is 30.5 Å². The fraction of sp³-hybridized carbons (Fsp3) is 0.357. The van der Waals surface area contributed by atoms with Crippen molar-refractivity contribution in [3.8, 4) is 0 Å². The Bertz CT molecular complexity index is 757. The maximum Gasteiger partial charge on any atom is 0.209 e. The number of pyridine rings is 1. The zero-order chi connectivity index (χ0) is 15.7. The first-order valence-electron chi connectivity index (χ1n) is 6.54. The minimum atomic E-state index is -3.26. The zero-order valence-corrected chi connectivity index (χ0v) is 13.2. The molecular weight excluding hydrogens is 288 g/mol. The van der Waals surface area contributed by atoms with Crippen molar-refractivity contribution in [1.82, 2.24) is 9.71 Å². The zero-order valence-electron chi connectivity index (χ0n) is 12.3. The third kappa shape index (κ3) is 4.05. The van der Waals surface area contributed by atoms with Gasteiger partial charge in [0.05, 0.1) is 17.5 Å². The van der Waals surface area contributed by atoms with Gasteiger partial charge in [-0.25, -0.2) is 13.1 Å². The van der Waals surface area contributed by atoms with Crippen LogP contribution in [0.4, 0.5) is 11.4 Å². The van der Waals surface area contributed by atoms with E-state index in [9.17, 15) is 8.42 Å². The number of sulfonamides is 1. The first-order chi connectivity index (χ1) is 9.68. The Hall–Kier alpha value is -1.86. The lowest BCUT2D eigenvalue weighted by Crippen LogP contribution is -2.47. The van der Waals surface area contributed by atoms with Gasteiger partial charge in [-0.2, -0.15) is 0 Å². The van der Waals surface area contributed by atoms with Gasteiger partial charge in [0.1, 0.15) is 0 Å². The van der Waals surface area contributed by atoms with E-state index in [4.69, 9.17) is 5.73 Å². The van der Waals surface area contributed by atoms with Crippen LogP contribution in [-0.2, 0) is 10.0 Å². The van der Waals surface area contributed by atoms with Crippen molar-refractivity contribution >= 4 is 32.3 Å². The number of anilines is 2. The van der Waals surface area contributed by atoms with Gasteiger partial charge >= 0.3 is 0 Å². The molecule has 0 bridgehead atoms. The van der Waals surface area contributed by atoms with E-state index in [1.807, 2.05) is 38.1 Å². The normalized spacial score (nSPS) is 12.5. The summed E-state index contributed by atoms with van der Waals surface area (Å²) in [7, 11) is -3.26. The molecule has 0 saturated carbocycles. The lowest BCUT2D eigenvalue weighted by Gasteiger charge is -2.26. The van der Waals surface area contributed by atoms with Crippen LogP contribution in [0.3, 0.4) is 0 Å². The van der Waals surface area contributed by atoms with E-state index in [2.05, 4.69) is 15.0 Å². The highest BCUT2D eigenvalue weighted by molar-refractivity contribution is 7.88. The van der Waals surface area contributed by atoms with Crippen molar-refractivity contribution < 1.29 is 8.42 Å². The second kappa shape index (κ2) is 5.50. The first kappa shape index (κ1) is 15.5. The molecule has 0 spiro atoms. The van der Waals surface area contributed by atoms with Crippen LogP contribution < -0.4 is 15.8 Å². The smallest absolute Gasteiger partial charge is 0.209 e. The SMILES string of the molecule is CC(C)(CNc1ccc(N)c2cccnc12)NS(C)(=O)=O. The third-order valence-electron chi connectivity index (χ3n) is 2.99. The van der Waals surface area contributed by atoms with Crippen molar-refractivity contribution in [1.29, 1.82) is 0 Å². The van der Waals surface area contributed by atoms with Gasteiger partial charge in [0.25, 0.3) is 0 Å². The summed E-state index contributed by atoms with van der Waals surface area (Å²) in [5, 5.41) is 4.10. The molecule has 0 fully saturated rings. The molecule has 114 valence electrons. The Morgan fingerprint density at radius 1 is 1.29 bits per heavy atom. The summed E-state index contributed by atoms with van der Waals surface area (Å²) >= 11 is 0. The number of hydrogen-bond donors (Lipinski definition) is 3. The topological polar surface area (TPSA) is 97.1 Å². The summed E-state index contributed by atoms with van der Waals surface area (Å²) in [6.07, 6.45) is 2.85. The number of nitrogens with two attached hydrogens (primary N) is 1. The van der Waals surface area contributed by atoms with Crippen molar-refractivity contribution in [3.63, 3.8) is 0 Å². The minimum absolute atomic E-state index is 0.426. The van der Waals surface area contributed by atoms with Gasteiger partial charge in [-0.15, -0.1) is 0 Å². The van der Waals surface area contributed by atoms with Gasteiger partial charge in [0.15, 0.2) is 0 Å². The maximum atomic E-state index is 11.3. The summed E-state index contributed by atoms with van der Waals surface area (Å²) < 4.78 is 25.3. The number of benzene rings is 1. The Balaban J connectivity index is 2.23. The summed E-state index contributed by atoms with van der Waals surface area (Å²) in [6.45, 7) is 4.05. The van der Waals surface area contributed by atoms with E-state index in [1.165, 1.54) is 0 Å². The monoisotopic (exact) mass is 308 g/mol. The molecule has 2 aromatic rings. The van der Waals surface area contributed by atoms with Gasteiger partial charge in [-0.05, 0) is 38.1 Å². The van der Waals surface area contributed by atoms with Gasteiger partial charge in [0, 0.05) is 29.4 Å². The largest absolute Gasteiger partial charge is 0.398 e. The molecule has 0 saturated heterocycles. The molecule has 0 atom stereocenters.